The second kappa shape index (κ2) is 4.74. The minimum atomic E-state index is -0.984. The molecule has 1 aliphatic rings. The van der Waals surface area contributed by atoms with Gasteiger partial charge in [0.25, 0.3) is 0 Å². The second-order valence-corrected chi connectivity index (χ2v) is 6.22. The molecule has 6 heteroatoms. The van der Waals surface area contributed by atoms with E-state index in [-0.39, 0.29) is 26.0 Å². The number of benzene rings is 1. The van der Waals surface area contributed by atoms with Crippen LogP contribution < -0.4 is 5.32 Å². The SMILES string of the molecule is O=C1Nc2ccc(F)cc2C1=Cc1cc(C(=O)O)c[se]1. The summed E-state index contributed by atoms with van der Waals surface area (Å²) in [6, 6.07) is 5.64. The van der Waals surface area contributed by atoms with Crippen LogP contribution in [-0.4, -0.2) is 31.5 Å². The average molecular weight is 336 g/mol. The summed E-state index contributed by atoms with van der Waals surface area (Å²) in [6.07, 6.45) is 1.63. The summed E-state index contributed by atoms with van der Waals surface area (Å²) in [5.74, 6) is -1.70. The molecule has 0 atom stereocenters. The number of rotatable bonds is 2. The van der Waals surface area contributed by atoms with Crippen LogP contribution in [-0.2, 0) is 4.79 Å². The number of anilines is 1. The zero-order chi connectivity index (χ0) is 14.3. The number of carboxylic acids is 1. The predicted molar refractivity (Wildman–Crippen MR) is 73.2 cm³/mol. The number of halogens is 1. The van der Waals surface area contributed by atoms with E-state index in [1.54, 1.807) is 17.1 Å². The summed E-state index contributed by atoms with van der Waals surface area (Å²) >= 11 is -0.128. The van der Waals surface area contributed by atoms with Crippen LogP contribution >= 0.6 is 0 Å². The van der Waals surface area contributed by atoms with Crippen molar-refractivity contribution in [3.8, 4) is 0 Å². The van der Waals surface area contributed by atoms with Gasteiger partial charge in [-0.1, -0.05) is 0 Å². The Kier molecular flexibility index (Phi) is 3.04. The van der Waals surface area contributed by atoms with Crippen molar-refractivity contribution < 1.29 is 19.1 Å². The molecule has 0 unspecified atom stereocenters. The Bertz CT molecular complexity index is 764. The van der Waals surface area contributed by atoms with E-state index in [1.165, 1.54) is 18.2 Å². The van der Waals surface area contributed by atoms with Crippen molar-refractivity contribution in [3.63, 3.8) is 0 Å². The zero-order valence-corrected chi connectivity index (χ0v) is 11.7. The molecule has 4 nitrogen and oxygen atoms in total. The summed E-state index contributed by atoms with van der Waals surface area (Å²) in [7, 11) is 0. The third-order valence-electron chi connectivity index (χ3n) is 2.92. The molecule has 100 valence electrons. The predicted octanol–water partition coefficient (Wildman–Crippen LogP) is 2.07. The first-order valence-electron chi connectivity index (χ1n) is 5.69. The fourth-order valence-electron chi connectivity index (χ4n) is 1.99. The van der Waals surface area contributed by atoms with Crippen LogP contribution in [0.5, 0.6) is 0 Å². The van der Waals surface area contributed by atoms with Gasteiger partial charge in [-0.2, -0.15) is 0 Å². The number of carbonyl (C=O) groups is 2. The normalized spacial score (nSPS) is 15.2. The fraction of sp³-hybridized carbons (Fsp3) is 0. The van der Waals surface area contributed by atoms with Crippen LogP contribution in [0.25, 0.3) is 11.6 Å². The second-order valence-electron chi connectivity index (χ2n) is 4.24. The molecule has 1 aliphatic heterocycles. The molecule has 3 rings (SSSR count). The third kappa shape index (κ3) is 2.19. The summed E-state index contributed by atoms with van der Waals surface area (Å²) < 4.78 is 14.1. The van der Waals surface area contributed by atoms with Crippen molar-refractivity contribution in [1.82, 2.24) is 0 Å². The van der Waals surface area contributed by atoms with E-state index in [1.807, 2.05) is 0 Å². The van der Waals surface area contributed by atoms with Crippen LogP contribution in [0.4, 0.5) is 10.1 Å². The summed E-state index contributed by atoms with van der Waals surface area (Å²) in [6.45, 7) is 0. The van der Waals surface area contributed by atoms with Gasteiger partial charge in [0.1, 0.15) is 0 Å². The van der Waals surface area contributed by atoms with E-state index >= 15 is 0 Å². The number of carbonyl (C=O) groups excluding carboxylic acids is 1. The van der Waals surface area contributed by atoms with Crippen molar-refractivity contribution >= 4 is 43.7 Å². The zero-order valence-electron chi connectivity index (χ0n) is 10.0. The van der Waals surface area contributed by atoms with Gasteiger partial charge >= 0.3 is 119 Å². The van der Waals surface area contributed by atoms with Gasteiger partial charge < -0.3 is 0 Å². The van der Waals surface area contributed by atoms with Crippen LogP contribution in [0.1, 0.15) is 20.4 Å². The number of carboxylic acid groups (broad SMARTS) is 1. The molecule has 0 bridgehead atoms. The van der Waals surface area contributed by atoms with Gasteiger partial charge in [0.05, 0.1) is 0 Å². The first kappa shape index (κ1) is 12.8. The molecule has 0 radical (unpaired) electrons. The number of amides is 1. The average Bonchev–Trinajstić information content (AvgIpc) is 2.97. The van der Waals surface area contributed by atoms with E-state index in [0.29, 0.717) is 16.8 Å². The van der Waals surface area contributed by atoms with E-state index in [0.717, 1.165) is 4.44 Å². The van der Waals surface area contributed by atoms with Crippen LogP contribution in [0, 0.1) is 5.82 Å². The van der Waals surface area contributed by atoms with E-state index in [4.69, 9.17) is 5.11 Å². The number of fused-ring (bicyclic) bond motifs is 1. The van der Waals surface area contributed by atoms with Gasteiger partial charge in [-0.25, -0.2) is 0 Å². The van der Waals surface area contributed by atoms with Crippen LogP contribution in [0.3, 0.4) is 0 Å². The van der Waals surface area contributed by atoms with Gasteiger partial charge in [-0.3, -0.25) is 0 Å². The Morgan fingerprint density at radius 1 is 1.35 bits per heavy atom. The molecule has 2 aromatic rings. The molecule has 20 heavy (non-hydrogen) atoms. The monoisotopic (exact) mass is 337 g/mol. The Hall–Kier alpha value is -2.17. The van der Waals surface area contributed by atoms with Crippen molar-refractivity contribution in [2.24, 2.45) is 0 Å². The molecule has 0 spiro atoms. The van der Waals surface area contributed by atoms with E-state index in [2.05, 4.69) is 5.32 Å². The topological polar surface area (TPSA) is 66.4 Å². The Morgan fingerprint density at radius 3 is 2.85 bits per heavy atom. The first-order chi connectivity index (χ1) is 9.54. The molecule has 0 aliphatic carbocycles. The number of hydrogen-bond donors (Lipinski definition) is 2. The molecule has 0 saturated carbocycles. The maximum atomic E-state index is 13.3. The molecular formula is C14H8FNO3Se. The van der Waals surface area contributed by atoms with E-state index < -0.39 is 11.8 Å². The van der Waals surface area contributed by atoms with Gasteiger partial charge in [0, 0.05) is 0 Å². The fourth-order valence-corrected chi connectivity index (χ4v) is 3.69. The van der Waals surface area contributed by atoms with Crippen molar-refractivity contribution in [2.75, 3.05) is 5.32 Å². The molecular weight excluding hydrogens is 328 g/mol. The van der Waals surface area contributed by atoms with Crippen LogP contribution in [0.15, 0.2) is 29.2 Å². The molecule has 1 amide bonds. The molecule has 1 aromatic carbocycles. The van der Waals surface area contributed by atoms with Gasteiger partial charge in [0.2, 0.25) is 0 Å². The summed E-state index contributed by atoms with van der Waals surface area (Å²) in [5.41, 5.74) is 1.68. The summed E-state index contributed by atoms with van der Waals surface area (Å²) in [4.78, 5) is 24.4. The molecule has 0 saturated heterocycles. The van der Waals surface area contributed by atoms with Crippen LogP contribution in [0.2, 0.25) is 0 Å². The Labute approximate surface area is 119 Å². The maximum absolute atomic E-state index is 13.3. The Morgan fingerprint density at radius 2 is 2.15 bits per heavy atom. The van der Waals surface area contributed by atoms with Gasteiger partial charge in [-0.05, 0) is 0 Å². The van der Waals surface area contributed by atoms with Crippen molar-refractivity contribution in [1.29, 1.82) is 0 Å². The third-order valence-corrected chi connectivity index (χ3v) is 4.76. The molecule has 1 aromatic heterocycles. The van der Waals surface area contributed by atoms with E-state index in [9.17, 15) is 14.0 Å². The number of nitrogens with one attached hydrogen (secondary N) is 1. The van der Waals surface area contributed by atoms with Crippen molar-refractivity contribution in [3.05, 3.63) is 50.6 Å². The van der Waals surface area contributed by atoms with Gasteiger partial charge in [-0.15, -0.1) is 0 Å². The minimum absolute atomic E-state index is 0.128. The first-order valence-corrected chi connectivity index (χ1v) is 7.54. The quantitative estimate of drug-likeness (QED) is 0.652. The number of aromatic carboxylic acids is 1. The number of hydrogen-bond acceptors (Lipinski definition) is 2. The molecule has 2 N–H and O–H groups in total. The van der Waals surface area contributed by atoms with Gasteiger partial charge in [0.15, 0.2) is 0 Å². The summed E-state index contributed by atoms with van der Waals surface area (Å²) in [5, 5.41) is 11.5. The molecule has 0 fully saturated rings. The standard InChI is InChI=1S/C14H8FNO3Se/c15-8-1-2-12-10(4-8)11(13(17)16-12)5-9-3-7(6-20-9)14(18)19/h1-6H,(H,16,17)(H,18,19). The van der Waals surface area contributed by atoms with Crippen molar-refractivity contribution in [2.45, 2.75) is 0 Å². The molecule has 2 heterocycles. The Balaban J connectivity index is 2.05.